The SMILES string of the molecule is NC(=O)N1CCC[C@H]1C(=O)NNc1cccc(C(=O)O)c1. The monoisotopic (exact) mass is 292 g/mol. The number of nitrogens with two attached hydrogens (primary N) is 1. The van der Waals surface area contributed by atoms with Crippen LogP contribution in [0, 0.1) is 0 Å². The van der Waals surface area contributed by atoms with Gasteiger partial charge in [0.15, 0.2) is 0 Å². The summed E-state index contributed by atoms with van der Waals surface area (Å²) in [5, 5.41) is 8.88. The lowest BCUT2D eigenvalue weighted by Gasteiger charge is -2.22. The van der Waals surface area contributed by atoms with Crippen LogP contribution in [0.1, 0.15) is 23.2 Å². The number of primary amides is 1. The molecule has 3 amide bonds. The number of hydrazine groups is 1. The summed E-state index contributed by atoms with van der Waals surface area (Å²) in [5.74, 6) is -1.44. The second kappa shape index (κ2) is 6.12. The van der Waals surface area contributed by atoms with Crippen LogP contribution < -0.4 is 16.6 Å². The van der Waals surface area contributed by atoms with Crippen molar-refractivity contribution in [2.75, 3.05) is 12.0 Å². The fraction of sp³-hybridized carbons (Fsp3) is 0.308. The van der Waals surface area contributed by atoms with Gasteiger partial charge < -0.3 is 15.7 Å². The molecule has 8 heteroatoms. The van der Waals surface area contributed by atoms with Gasteiger partial charge >= 0.3 is 12.0 Å². The number of anilines is 1. The molecule has 1 heterocycles. The highest BCUT2D eigenvalue weighted by molar-refractivity contribution is 5.90. The molecule has 1 atom stereocenters. The summed E-state index contributed by atoms with van der Waals surface area (Å²) < 4.78 is 0. The number of hydrogen-bond donors (Lipinski definition) is 4. The Morgan fingerprint density at radius 1 is 1.33 bits per heavy atom. The van der Waals surface area contributed by atoms with Gasteiger partial charge in [-0.05, 0) is 31.0 Å². The van der Waals surface area contributed by atoms with Gasteiger partial charge in [0.05, 0.1) is 11.3 Å². The number of nitrogens with one attached hydrogen (secondary N) is 2. The number of likely N-dealkylation sites (tertiary alicyclic amines) is 1. The molecule has 2 rings (SSSR count). The lowest BCUT2D eigenvalue weighted by Crippen LogP contribution is -2.49. The number of aromatic carboxylic acids is 1. The molecule has 1 aromatic rings. The van der Waals surface area contributed by atoms with Crippen molar-refractivity contribution in [1.29, 1.82) is 0 Å². The highest BCUT2D eigenvalue weighted by atomic mass is 16.4. The molecule has 0 spiro atoms. The average molecular weight is 292 g/mol. The minimum Gasteiger partial charge on any atom is -0.478 e. The van der Waals surface area contributed by atoms with Crippen molar-refractivity contribution >= 4 is 23.6 Å². The van der Waals surface area contributed by atoms with Crippen LogP contribution in [0.2, 0.25) is 0 Å². The predicted octanol–water partition coefficient (Wildman–Crippen LogP) is 0.371. The Labute approximate surface area is 120 Å². The van der Waals surface area contributed by atoms with E-state index in [1.54, 1.807) is 12.1 Å². The summed E-state index contributed by atoms with van der Waals surface area (Å²) in [7, 11) is 0. The van der Waals surface area contributed by atoms with E-state index in [0.29, 0.717) is 18.7 Å². The number of benzene rings is 1. The molecule has 0 saturated carbocycles. The molecule has 1 aromatic carbocycles. The maximum absolute atomic E-state index is 12.0. The van der Waals surface area contributed by atoms with E-state index in [4.69, 9.17) is 10.8 Å². The first-order valence-electron chi connectivity index (χ1n) is 6.44. The van der Waals surface area contributed by atoms with E-state index in [0.717, 1.165) is 6.42 Å². The summed E-state index contributed by atoms with van der Waals surface area (Å²) in [6.07, 6.45) is 1.27. The van der Waals surface area contributed by atoms with Crippen molar-refractivity contribution in [3.63, 3.8) is 0 Å². The summed E-state index contributed by atoms with van der Waals surface area (Å²) in [6.45, 7) is 0.460. The number of hydrogen-bond acceptors (Lipinski definition) is 4. The zero-order valence-electron chi connectivity index (χ0n) is 11.2. The first-order valence-corrected chi connectivity index (χ1v) is 6.44. The quantitative estimate of drug-likeness (QED) is 0.597. The number of carbonyl (C=O) groups excluding carboxylic acids is 2. The molecule has 21 heavy (non-hydrogen) atoms. The minimum absolute atomic E-state index is 0.105. The molecule has 0 unspecified atom stereocenters. The predicted molar refractivity (Wildman–Crippen MR) is 74.5 cm³/mol. The van der Waals surface area contributed by atoms with Gasteiger partial charge in [-0.2, -0.15) is 0 Å². The fourth-order valence-electron chi connectivity index (χ4n) is 2.25. The molecule has 0 aliphatic carbocycles. The number of amides is 3. The van der Waals surface area contributed by atoms with Gasteiger partial charge in [-0.15, -0.1) is 0 Å². The summed E-state index contributed by atoms with van der Waals surface area (Å²) >= 11 is 0. The van der Waals surface area contributed by atoms with Crippen molar-refractivity contribution in [2.45, 2.75) is 18.9 Å². The molecule has 1 aliphatic heterocycles. The van der Waals surface area contributed by atoms with Crippen LogP contribution in [0.5, 0.6) is 0 Å². The summed E-state index contributed by atoms with van der Waals surface area (Å²) in [6, 6.07) is 4.79. The van der Waals surface area contributed by atoms with Gasteiger partial charge in [-0.25, -0.2) is 9.59 Å². The van der Waals surface area contributed by atoms with Crippen molar-refractivity contribution in [3.05, 3.63) is 29.8 Å². The van der Waals surface area contributed by atoms with Crippen LogP contribution in [0.4, 0.5) is 10.5 Å². The third-order valence-electron chi connectivity index (χ3n) is 3.28. The normalized spacial score (nSPS) is 17.3. The Kier molecular flexibility index (Phi) is 4.27. The van der Waals surface area contributed by atoms with Gasteiger partial charge in [0, 0.05) is 6.54 Å². The first-order chi connectivity index (χ1) is 9.99. The van der Waals surface area contributed by atoms with Crippen LogP contribution in [0.15, 0.2) is 24.3 Å². The molecular weight excluding hydrogens is 276 g/mol. The molecule has 8 nitrogen and oxygen atoms in total. The molecule has 0 bridgehead atoms. The molecule has 1 saturated heterocycles. The van der Waals surface area contributed by atoms with Crippen LogP contribution in [-0.2, 0) is 4.79 Å². The highest BCUT2D eigenvalue weighted by Crippen LogP contribution is 2.17. The summed E-state index contributed by atoms with van der Waals surface area (Å²) in [4.78, 5) is 35.4. The fourth-order valence-corrected chi connectivity index (χ4v) is 2.25. The van der Waals surface area contributed by atoms with Gasteiger partial charge in [0.2, 0.25) is 0 Å². The molecular formula is C13H16N4O4. The highest BCUT2D eigenvalue weighted by Gasteiger charge is 2.32. The van der Waals surface area contributed by atoms with E-state index in [9.17, 15) is 14.4 Å². The Balaban J connectivity index is 1.96. The second-order valence-electron chi connectivity index (χ2n) is 4.69. The second-order valence-corrected chi connectivity index (χ2v) is 4.69. The third-order valence-corrected chi connectivity index (χ3v) is 3.28. The van der Waals surface area contributed by atoms with Crippen LogP contribution >= 0.6 is 0 Å². The number of carboxylic acids is 1. The van der Waals surface area contributed by atoms with E-state index in [1.165, 1.54) is 17.0 Å². The maximum atomic E-state index is 12.0. The molecule has 1 aliphatic rings. The molecule has 0 radical (unpaired) electrons. The van der Waals surface area contributed by atoms with E-state index < -0.39 is 18.0 Å². The lowest BCUT2D eigenvalue weighted by molar-refractivity contribution is -0.124. The van der Waals surface area contributed by atoms with Gasteiger partial charge in [0.1, 0.15) is 6.04 Å². The minimum atomic E-state index is -1.05. The van der Waals surface area contributed by atoms with Crippen LogP contribution in [0.25, 0.3) is 0 Å². The van der Waals surface area contributed by atoms with Gasteiger partial charge in [-0.3, -0.25) is 15.6 Å². The van der Waals surface area contributed by atoms with E-state index >= 15 is 0 Å². The number of carbonyl (C=O) groups is 3. The van der Waals surface area contributed by atoms with Crippen LogP contribution in [0.3, 0.4) is 0 Å². The van der Waals surface area contributed by atoms with Crippen LogP contribution in [-0.4, -0.2) is 40.5 Å². The van der Waals surface area contributed by atoms with Gasteiger partial charge in [0.25, 0.3) is 5.91 Å². The molecule has 5 N–H and O–H groups in total. The Bertz CT molecular complexity index is 575. The number of urea groups is 1. The van der Waals surface area contributed by atoms with E-state index in [-0.39, 0.29) is 11.5 Å². The Morgan fingerprint density at radius 2 is 2.10 bits per heavy atom. The third kappa shape index (κ3) is 3.41. The average Bonchev–Trinajstić information content (AvgIpc) is 2.94. The van der Waals surface area contributed by atoms with Gasteiger partial charge in [-0.1, -0.05) is 6.07 Å². The van der Waals surface area contributed by atoms with Crippen molar-refractivity contribution < 1.29 is 19.5 Å². The molecule has 0 aromatic heterocycles. The Hall–Kier alpha value is -2.77. The summed E-state index contributed by atoms with van der Waals surface area (Å²) in [5.41, 5.74) is 10.8. The number of carboxylic acid groups (broad SMARTS) is 1. The number of nitrogens with zero attached hydrogens (tertiary/aromatic N) is 1. The molecule has 1 fully saturated rings. The zero-order valence-corrected chi connectivity index (χ0v) is 11.2. The van der Waals surface area contributed by atoms with E-state index in [1.807, 2.05) is 0 Å². The largest absolute Gasteiger partial charge is 0.478 e. The number of rotatable bonds is 4. The topological polar surface area (TPSA) is 125 Å². The first kappa shape index (κ1) is 14.6. The van der Waals surface area contributed by atoms with Crippen molar-refractivity contribution in [3.8, 4) is 0 Å². The van der Waals surface area contributed by atoms with E-state index in [2.05, 4.69) is 10.9 Å². The standard InChI is InChI=1S/C13H16N4O4/c14-13(21)17-6-2-5-10(17)11(18)16-15-9-4-1-3-8(7-9)12(19)20/h1,3-4,7,10,15H,2,5-6H2,(H2,14,21)(H,16,18)(H,19,20)/t10-/m0/s1. The van der Waals surface area contributed by atoms with Crippen molar-refractivity contribution in [2.24, 2.45) is 5.73 Å². The van der Waals surface area contributed by atoms with Crippen molar-refractivity contribution in [1.82, 2.24) is 10.3 Å². The maximum Gasteiger partial charge on any atom is 0.335 e. The Morgan fingerprint density at radius 3 is 2.76 bits per heavy atom. The zero-order chi connectivity index (χ0) is 15.4. The smallest absolute Gasteiger partial charge is 0.335 e. The lowest BCUT2D eigenvalue weighted by atomic mass is 10.2. The molecule has 112 valence electrons.